The van der Waals surface area contributed by atoms with Crippen molar-refractivity contribution in [2.45, 2.75) is 6.18 Å². The Kier molecular flexibility index (Phi) is 3.00. The first-order valence-corrected chi connectivity index (χ1v) is 9.68. The van der Waals surface area contributed by atoms with Gasteiger partial charge in [-0.05, 0) is 41.1 Å². The molecule has 4 aromatic carbocycles. The lowest BCUT2D eigenvalue weighted by atomic mass is 9.98. The van der Waals surface area contributed by atoms with Gasteiger partial charge in [0.15, 0.2) is 0 Å². The van der Waals surface area contributed by atoms with Crippen LogP contribution in [0, 0.1) is 0 Å². The van der Waals surface area contributed by atoms with E-state index in [2.05, 4.69) is 34.9 Å². The van der Waals surface area contributed by atoms with E-state index in [0.29, 0.717) is 4.70 Å². The molecule has 0 saturated carbocycles. The van der Waals surface area contributed by atoms with Crippen LogP contribution in [0.3, 0.4) is 0 Å². The quantitative estimate of drug-likeness (QED) is 0.185. The zero-order valence-corrected chi connectivity index (χ0v) is 15.2. The second kappa shape index (κ2) is 5.26. The lowest BCUT2D eigenvalue weighted by molar-refractivity contribution is -0.137. The molecular formula is C23H12F3NS. The van der Waals surface area contributed by atoms with Gasteiger partial charge in [0.05, 0.1) is 31.7 Å². The van der Waals surface area contributed by atoms with Gasteiger partial charge in [-0.25, -0.2) is 0 Å². The molecule has 136 valence electrons. The van der Waals surface area contributed by atoms with Crippen molar-refractivity contribution in [1.29, 1.82) is 0 Å². The number of hydrogen-bond donors (Lipinski definition) is 0. The first-order valence-electron chi connectivity index (χ1n) is 8.87. The molecule has 28 heavy (non-hydrogen) atoms. The Morgan fingerprint density at radius 1 is 0.714 bits per heavy atom. The molecule has 0 aromatic heterocycles. The maximum atomic E-state index is 13.3. The second-order valence-electron chi connectivity index (χ2n) is 6.95. The summed E-state index contributed by atoms with van der Waals surface area (Å²) in [5, 5.41) is 4.53. The third kappa shape index (κ3) is 2.02. The van der Waals surface area contributed by atoms with Gasteiger partial charge in [-0.1, -0.05) is 42.5 Å². The topological polar surface area (TPSA) is 4.93 Å². The van der Waals surface area contributed by atoms with Crippen LogP contribution in [-0.4, -0.2) is 4.57 Å². The molecule has 0 amide bonds. The molecule has 0 N–H and O–H groups in total. The van der Waals surface area contributed by atoms with Crippen molar-refractivity contribution >= 4 is 53.3 Å². The first-order chi connectivity index (χ1) is 13.5. The number of benzene rings is 4. The van der Waals surface area contributed by atoms with Crippen LogP contribution in [-0.2, 0) is 6.18 Å². The minimum absolute atomic E-state index is 0.617. The number of alkyl halides is 3. The van der Waals surface area contributed by atoms with Gasteiger partial charge < -0.3 is 4.57 Å². The van der Waals surface area contributed by atoms with Crippen molar-refractivity contribution < 1.29 is 13.2 Å². The Morgan fingerprint density at radius 3 is 2.29 bits per heavy atom. The second-order valence-corrected chi connectivity index (χ2v) is 8.03. The minimum Gasteiger partial charge on any atom is -0.306 e. The standard InChI is InChI=1S/C23H12F3NS/c24-23(25,26)14-10-11-17-20(12-14)28-19-9-3-7-16-15-6-1-4-13-5-2-8-18(21(13)15)27(17)22(16)19/h1-12H. The largest absolute Gasteiger partial charge is 0.416 e. The molecule has 0 aliphatic carbocycles. The Balaban J connectivity index is 1.94. The zero-order chi connectivity index (χ0) is 19.0. The van der Waals surface area contributed by atoms with Crippen LogP contribution < -0.4 is 0 Å². The van der Waals surface area contributed by atoms with Crippen LogP contribution in [0.5, 0.6) is 0 Å². The summed E-state index contributed by atoms with van der Waals surface area (Å²) in [4.78, 5) is 0. The van der Waals surface area contributed by atoms with Crippen molar-refractivity contribution in [3.8, 4) is 5.69 Å². The third-order valence-corrected chi connectivity index (χ3v) is 6.48. The fourth-order valence-electron chi connectivity index (χ4n) is 4.23. The molecule has 0 saturated heterocycles. The molecule has 2 aliphatic heterocycles. The number of hydrogen-bond acceptors (Lipinski definition) is 1. The highest BCUT2D eigenvalue weighted by Crippen LogP contribution is 2.43. The van der Waals surface area contributed by atoms with Gasteiger partial charge in [-0.3, -0.25) is 0 Å². The predicted molar refractivity (Wildman–Crippen MR) is 110 cm³/mol. The van der Waals surface area contributed by atoms with Gasteiger partial charge in [-0.15, -0.1) is 11.3 Å². The van der Waals surface area contributed by atoms with Crippen LogP contribution >= 0.6 is 11.3 Å². The highest BCUT2D eigenvalue weighted by atomic mass is 32.1. The van der Waals surface area contributed by atoms with E-state index in [0.717, 1.165) is 43.0 Å². The molecule has 2 aliphatic rings. The first kappa shape index (κ1) is 16.0. The summed E-state index contributed by atoms with van der Waals surface area (Å²) < 4.78 is 43.5. The van der Waals surface area contributed by atoms with Crippen LogP contribution in [0.25, 0.3) is 47.7 Å². The molecule has 0 atom stereocenters. The SMILES string of the molecule is FC(F)(F)c1ccc2c(c1)sc1cccc3c1-n2c1cccc2cccc3c21. The molecule has 4 aromatic rings. The monoisotopic (exact) mass is 391 g/mol. The van der Waals surface area contributed by atoms with E-state index < -0.39 is 11.7 Å². The molecular weight excluding hydrogens is 379 g/mol. The Hall–Kier alpha value is -3.05. The molecule has 0 bridgehead atoms. The lowest BCUT2D eigenvalue weighted by Crippen LogP contribution is -2.07. The maximum absolute atomic E-state index is 13.3. The molecule has 0 unspecified atom stereocenters. The molecule has 1 nitrogen and oxygen atoms in total. The average Bonchev–Trinajstić information content (AvgIpc) is 2.69. The van der Waals surface area contributed by atoms with Crippen LogP contribution in [0.2, 0.25) is 0 Å². The Bertz CT molecular complexity index is 1500. The van der Waals surface area contributed by atoms with Gasteiger partial charge in [-0.2, -0.15) is 13.2 Å². The van der Waals surface area contributed by atoms with Gasteiger partial charge in [0.1, 0.15) is 0 Å². The predicted octanol–water partition coefficient (Wildman–Crippen LogP) is 7.61. The van der Waals surface area contributed by atoms with Crippen molar-refractivity contribution in [2.24, 2.45) is 0 Å². The molecule has 2 heterocycles. The van der Waals surface area contributed by atoms with Crippen LogP contribution in [0.15, 0.2) is 72.8 Å². The Morgan fingerprint density at radius 2 is 1.46 bits per heavy atom. The summed E-state index contributed by atoms with van der Waals surface area (Å²) in [6.07, 6.45) is -4.35. The number of rotatable bonds is 0. The van der Waals surface area contributed by atoms with Crippen molar-refractivity contribution in [3.05, 3.63) is 78.4 Å². The van der Waals surface area contributed by atoms with E-state index in [-0.39, 0.29) is 0 Å². The third-order valence-electron chi connectivity index (χ3n) is 5.38. The molecule has 5 heteroatoms. The summed E-state index contributed by atoms with van der Waals surface area (Å²) in [5.74, 6) is 0. The van der Waals surface area contributed by atoms with E-state index in [1.165, 1.54) is 23.5 Å². The fraction of sp³-hybridized carbons (Fsp3) is 0.0435. The van der Waals surface area contributed by atoms with Crippen LogP contribution in [0.1, 0.15) is 5.56 Å². The molecule has 6 rings (SSSR count). The van der Waals surface area contributed by atoms with Crippen LogP contribution in [0.4, 0.5) is 13.2 Å². The van der Waals surface area contributed by atoms with Gasteiger partial charge in [0, 0.05) is 10.8 Å². The summed E-state index contributed by atoms with van der Waals surface area (Å²) in [7, 11) is 0. The number of aromatic nitrogens is 1. The van der Waals surface area contributed by atoms with E-state index in [1.807, 2.05) is 24.3 Å². The highest BCUT2D eigenvalue weighted by Gasteiger charge is 2.31. The average molecular weight is 391 g/mol. The van der Waals surface area contributed by atoms with Crippen molar-refractivity contribution in [3.63, 3.8) is 0 Å². The van der Waals surface area contributed by atoms with E-state index in [1.54, 1.807) is 6.07 Å². The van der Waals surface area contributed by atoms with E-state index in [9.17, 15) is 13.2 Å². The van der Waals surface area contributed by atoms with Gasteiger partial charge in [0.2, 0.25) is 0 Å². The summed E-state index contributed by atoms with van der Waals surface area (Å²) in [5.41, 5.74) is 2.23. The number of fused-ring (bicyclic) bond motifs is 4. The van der Waals surface area contributed by atoms with Gasteiger partial charge in [0.25, 0.3) is 0 Å². The molecule has 0 fully saturated rings. The van der Waals surface area contributed by atoms with Gasteiger partial charge >= 0.3 is 6.18 Å². The zero-order valence-electron chi connectivity index (χ0n) is 14.4. The molecule has 0 spiro atoms. The van der Waals surface area contributed by atoms with Crippen molar-refractivity contribution in [2.75, 3.05) is 0 Å². The summed E-state index contributed by atoms with van der Waals surface area (Å²) >= 11 is 1.40. The summed E-state index contributed by atoms with van der Waals surface area (Å²) in [6.45, 7) is 0. The maximum Gasteiger partial charge on any atom is 0.416 e. The number of halogens is 3. The normalized spacial score (nSPS) is 12.8. The van der Waals surface area contributed by atoms with Crippen molar-refractivity contribution in [1.82, 2.24) is 4.57 Å². The van der Waals surface area contributed by atoms with E-state index in [4.69, 9.17) is 0 Å². The summed E-state index contributed by atoms with van der Waals surface area (Å²) in [6, 6.07) is 22.4. The Labute approximate surface area is 161 Å². The minimum atomic E-state index is -4.35. The highest BCUT2D eigenvalue weighted by molar-refractivity contribution is 7.24. The number of nitrogens with zero attached hydrogens (tertiary/aromatic N) is 1. The number of para-hydroxylation sites is 1. The fourth-order valence-corrected chi connectivity index (χ4v) is 5.36. The lowest BCUT2D eigenvalue weighted by Gasteiger charge is -2.23. The van der Waals surface area contributed by atoms with E-state index >= 15 is 0 Å². The molecule has 0 radical (unpaired) electrons. The smallest absolute Gasteiger partial charge is 0.306 e. The number of pyridine rings is 1.